The van der Waals surface area contributed by atoms with Gasteiger partial charge in [-0.1, -0.05) is 201 Å². The van der Waals surface area contributed by atoms with Gasteiger partial charge in [0.05, 0.1) is 0 Å². The fourth-order valence-electron chi connectivity index (χ4n) is 5.40. The van der Waals surface area contributed by atoms with Gasteiger partial charge >= 0.3 is 0 Å². The van der Waals surface area contributed by atoms with Crippen molar-refractivity contribution in [3.05, 3.63) is 0 Å². The molecule has 0 nitrogen and oxygen atoms in total. The summed E-state index contributed by atoms with van der Waals surface area (Å²) in [6.07, 6.45) is 39.7. The van der Waals surface area contributed by atoms with Gasteiger partial charge in [-0.3, -0.25) is 0 Å². The smallest absolute Gasteiger partial charge is 0.0443 e. The summed E-state index contributed by atoms with van der Waals surface area (Å²) in [6.45, 7) is 9.57. The topological polar surface area (TPSA) is 0 Å². The highest BCUT2D eigenvalue weighted by molar-refractivity contribution is 4.59. The maximum absolute atomic E-state index is 2.49. The van der Waals surface area contributed by atoms with Crippen LogP contribution in [0.15, 0.2) is 0 Å². The minimum absolute atomic E-state index is 0.955. The highest BCUT2D eigenvalue weighted by Gasteiger charge is 2.05. The molecular weight excluding hydrogens is 396 g/mol. The summed E-state index contributed by atoms with van der Waals surface area (Å²) in [5.74, 6) is 1.91. The Morgan fingerprint density at radius 2 is 0.515 bits per heavy atom. The fraction of sp³-hybridized carbons (Fsp3) is 1.00. The van der Waals surface area contributed by atoms with Crippen LogP contribution in [-0.4, -0.2) is 0 Å². The lowest BCUT2D eigenvalue weighted by Crippen LogP contribution is -1.99. The molecule has 0 heterocycles. The van der Waals surface area contributed by atoms with Crippen molar-refractivity contribution in [2.75, 3.05) is 0 Å². The number of rotatable bonds is 28. The summed E-state index contributed by atoms with van der Waals surface area (Å²) >= 11 is 0. The Labute approximate surface area is 212 Å². The van der Waals surface area contributed by atoms with Crippen molar-refractivity contribution < 1.29 is 0 Å². The summed E-state index contributed by atoms with van der Waals surface area (Å²) in [5, 5.41) is 0. The minimum atomic E-state index is 0.955. The van der Waals surface area contributed by atoms with Crippen molar-refractivity contribution in [3.8, 4) is 0 Å². The van der Waals surface area contributed by atoms with Crippen molar-refractivity contribution in [2.24, 2.45) is 11.8 Å². The molecule has 0 N–H and O–H groups in total. The third-order valence-corrected chi connectivity index (χ3v) is 7.99. The van der Waals surface area contributed by atoms with Crippen LogP contribution in [0.3, 0.4) is 0 Å². The number of unbranched alkanes of at least 4 members (excludes halogenated alkanes) is 20. The van der Waals surface area contributed by atoms with E-state index in [9.17, 15) is 0 Å². The first-order valence-electron chi connectivity index (χ1n) is 16.2. The first-order chi connectivity index (χ1) is 16.2. The second-order valence-electron chi connectivity index (χ2n) is 11.8. The molecule has 0 saturated carbocycles. The second-order valence-corrected chi connectivity index (χ2v) is 11.8. The van der Waals surface area contributed by atoms with E-state index >= 15 is 0 Å². The second kappa shape index (κ2) is 28.2. The van der Waals surface area contributed by atoms with Gasteiger partial charge in [0.25, 0.3) is 0 Å². The summed E-state index contributed by atoms with van der Waals surface area (Å²) in [4.78, 5) is 0. The zero-order valence-corrected chi connectivity index (χ0v) is 24.2. The average molecular weight is 465 g/mol. The zero-order valence-electron chi connectivity index (χ0n) is 24.2. The third-order valence-electron chi connectivity index (χ3n) is 7.99. The van der Waals surface area contributed by atoms with Gasteiger partial charge in [-0.25, -0.2) is 0 Å². The van der Waals surface area contributed by atoms with E-state index in [1.165, 1.54) is 173 Å². The van der Waals surface area contributed by atoms with Gasteiger partial charge in [0, 0.05) is 0 Å². The molecule has 0 rings (SSSR count). The van der Waals surface area contributed by atoms with E-state index < -0.39 is 0 Å². The minimum Gasteiger partial charge on any atom is -0.0654 e. The Kier molecular flexibility index (Phi) is 28.2. The Morgan fingerprint density at radius 3 is 0.848 bits per heavy atom. The number of hydrogen-bond acceptors (Lipinski definition) is 0. The van der Waals surface area contributed by atoms with E-state index in [4.69, 9.17) is 0 Å². The van der Waals surface area contributed by atoms with E-state index in [1.807, 2.05) is 0 Å². The van der Waals surface area contributed by atoms with Gasteiger partial charge in [0.1, 0.15) is 0 Å². The van der Waals surface area contributed by atoms with Gasteiger partial charge in [-0.15, -0.1) is 0 Å². The maximum atomic E-state index is 2.49. The predicted molar refractivity (Wildman–Crippen MR) is 154 cm³/mol. The molecule has 0 aromatic carbocycles. The molecule has 0 aliphatic rings. The molecule has 0 aromatic heterocycles. The molecule has 0 spiro atoms. The van der Waals surface area contributed by atoms with E-state index in [0.717, 1.165) is 11.8 Å². The molecule has 0 aromatic rings. The lowest BCUT2D eigenvalue weighted by molar-refractivity contribution is 0.394. The normalized spacial score (nSPS) is 13.5. The first-order valence-corrected chi connectivity index (χ1v) is 16.2. The lowest BCUT2D eigenvalue weighted by atomic mass is 9.92. The molecule has 0 aliphatic heterocycles. The molecule has 0 aliphatic carbocycles. The monoisotopic (exact) mass is 465 g/mol. The van der Waals surface area contributed by atoms with Crippen LogP contribution in [0.1, 0.15) is 201 Å². The van der Waals surface area contributed by atoms with Crippen LogP contribution >= 0.6 is 0 Å². The Hall–Kier alpha value is 0. The quantitative estimate of drug-likeness (QED) is 0.101. The molecule has 2 atom stereocenters. The molecule has 0 bridgehead atoms. The maximum Gasteiger partial charge on any atom is -0.0443 e. The molecule has 0 heteroatoms. The van der Waals surface area contributed by atoms with Crippen molar-refractivity contribution in [3.63, 3.8) is 0 Å². The molecular formula is C33H68. The van der Waals surface area contributed by atoms with Crippen molar-refractivity contribution in [1.29, 1.82) is 0 Å². The Balaban J connectivity index is 3.15. The fourth-order valence-corrected chi connectivity index (χ4v) is 5.40. The zero-order chi connectivity index (χ0) is 24.2. The highest BCUT2D eigenvalue weighted by Crippen LogP contribution is 2.21. The summed E-state index contributed by atoms with van der Waals surface area (Å²) in [7, 11) is 0. The highest BCUT2D eigenvalue weighted by atomic mass is 14.1. The largest absolute Gasteiger partial charge is 0.0654 e. The van der Waals surface area contributed by atoms with Crippen LogP contribution in [0.5, 0.6) is 0 Å². The number of hydrogen-bond donors (Lipinski definition) is 0. The van der Waals surface area contributed by atoms with Gasteiger partial charge in [-0.05, 0) is 11.8 Å². The Bertz CT molecular complexity index is 333. The van der Waals surface area contributed by atoms with Gasteiger partial charge in [0.2, 0.25) is 0 Å². The molecule has 0 fully saturated rings. The molecule has 0 radical (unpaired) electrons. The molecule has 0 saturated heterocycles. The predicted octanol–water partition coefficient (Wildman–Crippen LogP) is 12.8. The van der Waals surface area contributed by atoms with Crippen LogP contribution in [-0.2, 0) is 0 Å². The van der Waals surface area contributed by atoms with E-state index in [0.29, 0.717) is 0 Å². The van der Waals surface area contributed by atoms with Crippen LogP contribution in [0.2, 0.25) is 0 Å². The first kappa shape index (κ1) is 33.0. The van der Waals surface area contributed by atoms with Crippen LogP contribution in [0.4, 0.5) is 0 Å². The van der Waals surface area contributed by atoms with Crippen LogP contribution in [0.25, 0.3) is 0 Å². The van der Waals surface area contributed by atoms with Crippen LogP contribution < -0.4 is 0 Å². The van der Waals surface area contributed by atoms with Crippen molar-refractivity contribution >= 4 is 0 Å². The summed E-state index contributed by atoms with van der Waals surface area (Å²) in [6, 6.07) is 0. The van der Waals surface area contributed by atoms with E-state index in [1.54, 1.807) is 0 Å². The molecule has 33 heavy (non-hydrogen) atoms. The standard InChI is InChI=1S/C33H68/c1-5-7-9-10-11-12-13-14-15-16-17-18-19-20-21-22-23-24-25-26-29-33(4)31-27-30-32(3)28-8-6-2/h32-33H,5-31H2,1-4H3. The van der Waals surface area contributed by atoms with Gasteiger partial charge in [-0.2, -0.15) is 0 Å². The van der Waals surface area contributed by atoms with Gasteiger partial charge < -0.3 is 0 Å². The third kappa shape index (κ3) is 28.1. The van der Waals surface area contributed by atoms with Crippen molar-refractivity contribution in [1.82, 2.24) is 0 Å². The Morgan fingerprint density at radius 1 is 0.273 bits per heavy atom. The SMILES string of the molecule is CCCCCCCCCCCCCCCCCCCCCCC(C)CCCC(C)CCCC. The lowest BCUT2D eigenvalue weighted by Gasteiger charge is -2.14. The van der Waals surface area contributed by atoms with Crippen molar-refractivity contribution in [2.45, 2.75) is 201 Å². The molecule has 200 valence electrons. The van der Waals surface area contributed by atoms with Crippen LogP contribution in [0, 0.1) is 11.8 Å². The molecule has 2 unspecified atom stereocenters. The van der Waals surface area contributed by atoms with E-state index in [2.05, 4.69) is 27.7 Å². The molecule has 0 amide bonds. The van der Waals surface area contributed by atoms with Gasteiger partial charge in [0.15, 0.2) is 0 Å². The average Bonchev–Trinajstić information content (AvgIpc) is 2.81. The summed E-state index contributed by atoms with van der Waals surface area (Å²) in [5.41, 5.74) is 0. The summed E-state index contributed by atoms with van der Waals surface area (Å²) < 4.78 is 0. The van der Waals surface area contributed by atoms with E-state index in [-0.39, 0.29) is 0 Å².